The van der Waals surface area contributed by atoms with E-state index in [0.29, 0.717) is 10.9 Å². The van der Waals surface area contributed by atoms with Gasteiger partial charge in [-0.3, -0.25) is 14.4 Å². The SMILES string of the molecule is CC(C)(C)OC(=O)CCNC(=O)c1ccc2c(c1)=NC(=O)C1C=CSC=21. The molecule has 136 valence electrons. The Kier molecular flexibility index (Phi) is 5.00. The van der Waals surface area contributed by atoms with E-state index in [2.05, 4.69) is 10.3 Å². The Morgan fingerprint density at radius 3 is 2.81 bits per heavy atom. The van der Waals surface area contributed by atoms with E-state index in [0.717, 1.165) is 10.1 Å². The topological polar surface area (TPSA) is 84.8 Å². The molecular weight excluding hydrogens is 352 g/mol. The standard InChI is InChI=1S/C19H20N2O4S/c1-19(2,3)25-15(22)6-8-20-17(23)11-4-5-12-14(10-11)21-18(24)13-7-9-26-16(12)13/h4-5,7,9-10,13H,6,8H2,1-3H3,(H,20,23). The van der Waals surface area contributed by atoms with Crippen molar-refractivity contribution < 1.29 is 19.1 Å². The second-order valence-electron chi connectivity index (χ2n) is 7.06. The van der Waals surface area contributed by atoms with Crippen LogP contribution in [-0.2, 0) is 14.3 Å². The van der Waals surface area contributed by atoms with Crippen molar-refractivity contribution in [2.45, 2.75) is 32.8 Å². The van der Waals surface area contributed by atoms with E-state index in [-0.39, 0.29) is 36.7 Å². The number of benzene rings is 1. The molecule has 2 aliphatic rings. The van der Waals surface area contributed by atoms with Crippen molar-refractivity contribution in [1.29, 1.82) is 0 Å². The third kappa shape index (κ3) is 4.04. The number of hydrogen-bond acceptors (Lipinski definition) is 5. The fourth-order valence-corrected chi connectivity index (χ4v) is 3.72. The van der Waals surface area contributed by atoms with Crippen LogP contribution in [-0.4, -0.2) is 29.9 Å². The van der Waals surface area contributed by atoms with Gasteiger partial charge in [0.15, 0.2) is 0 Å². The highest BCUT2D eigenvalue weighted by atomic mass is 32.2. The van der Waals surface area contributed by atoms with Crippen LogP contribution < -0.4 is 15.9 Å². The van der Waals surface area contributed by atoms with E-state index < -0.39 is 5.60 Å². The van der Waals surface area contributed by atoms with Crippen LogP contribution >= 0.6 is 11.8 Å². The van der Waals surface area contributed by atoms with Crippen molar-refractivity contribution in [3.05, 3.63) is 45.8 Å². The third-order valence-corrected chi connectivity index (χ3v) is 4.83. The van der Waals surface area contributed by atoms with E-state index in [1.807, 2.05) is 17.6 Å². The lowest BCUT2D eigenvalue weighted by atomic mass is 10.0. The van der Waals surface area contributed by atoms with Crippen LogP contribution in [0.5, 0.6) is 0 Å². The van der Waals surface area contributed by atoms with Gasteiger partial charge in [-0.25, -0.2) is 4.99 Å². The summed E-state index contributed by atoms with van der Waals surface area (Å²) in [5.41, 5.74) is -0.143. The lowest BCUT2D eigenvalue weighted by molar-refractivity contribution is -0.154. The molecule has 0 fully saturated rings. The molecular formula is C19H20N2O4S. The Morgan fingerprint density at radius 1 is 1.31 bits per heavy atom. The number of amides is 2. The maximum atomic E-state index is 12.3. The zero-order chi connectivity index (χ0) is 18.9. The first-order chi connectivity index (χ1) is 12.2. The van der Waals surface area contributed by atoms with Crippen molar-refractivity contribution in [2.24, 2.45) is 10.9 Å². The number of esters is 1. The van der Waals surface area contributed by atoms with E-state index in [9.17, 15) is 14.4 Å². The smallest absolute Gasteiger partial charge is 0.308 e. The van der Waals surface area contributed by atoms with Crippen molar-refractivity contribution >= 4 is 34.5 Å². The van der Waals surface area contributed by atoms with Crippen molar-refractivity contribution in [3.63, 3.8) is 0 Å². The lowest BCUT2D eigenvalue weighted by Gasteiger charge is -2.19. The number of rotatable bonds is 4. The molecule has 2 aliphatic heterocycles. The zero-order valence-corrected chi connectivity index (χ0v) is 15.7. The van der Waals surface area contributed by atoms with Gasteiger partial charge in [0.05, 0.1) is 17.7 Å². The Balaban J connectivity index is 1.68. The lowest BCUT2D eigenvalue weighted by Crippen LogP contribution is -2.37. The van der Waals surface area contributed by atoms with Gasteiger partial charge in [-0.2, -0.15) is 0 Å². The van der Waals surface area contributed by atoms with Gasteiger partial charge in [0.2, 0.25) is 0 Å². The molecule has 1 aromatic rings. The molecule has 7 heteroatoms. The molecule has 0 radical (unpaired) electrons. The van der Waals surface area contributed by atoms with E-state index in [4.69, 9.17) is 4.74 Å². The monoisotopic (exact) mass is 372 g/mol. The molecule has 1 aromatic carbocycles. The summed E-state index contributed by atoms with van der Waals surface area (Å²) in [6.07, 6.45) is 1.94. The van der Waals surface area contributed by atoms with Crippen LogP contribution in [0.15, 0.2) is 34.7 Å². The van der Waals surface area contributed by atoms with Crippen LogP contribution in [0.4, 0.5) is 0 Å². The highest BCUT2D eigenvalue weighted by Gasteiger charge is 2.27. The second kappa shape index (κ2) is 7.07. The number of nitrogens with one attached hydrogen (secondary N) is 1. The number of hydrogen-bond donors (Lipinski definition) is 1. The molecule has 0 aromatic heterocycles. The van der Waals surface area contributed by atoms with Gasteiger partial charge in [-0.1, -0.05) is 12.1 Å². The summed E-state index contributed by atoms with van der Waals surface area (Å²) < 4.78 is 5.20. The van der Waals surface area contributed by atoms with Crippen LogP contribution in [0.2, 0.25) is 0 Å². The maximum absolute atomic E-state index is 12.3. The minimum absolute atomic E-state index is 0.0960. The van der Waals surface area contributed by atoms with Gasteiger partial charge < -0.3 is 10.1 Å². The normalized spacial score (nSPS) is 18.0. The van der Waals surface area contributed by atoms with Gasteiger partial charge in [0.1, 0.15) is 5.60 Å². The predicted molar refractivity (Wildman–Crippen MR) is 98.7 cm³/mol. The molecule has 0 saturated heterocycles. The number of fused-ring (bicyclic) bond motifs is 2. The molecule has 2 heterocycles. The first kappa shape index (κ1) is 18.4. The van der Waals surface area contributed by atoms with Crippen LogP contribution in [0.3, 0.4) is 0 Å². The molecule has 0 bridgehead atoms. The Labute approximate surface area is 155 Å². The third-order valence-electron chi connectivity index (χ3n) is 3.81. The summed E-state index contributed by atoms with van der Waals surface area (Å²) in [6.45, 7) is 5.56. The van der Waals surface area contributed by atoms with Crippen LogP contribution in [0.25, 0.3) is 4.91 Å². The van der Waals surface area contributed by atoms with Crippen LogP contribution in [0, 0.1) is 5.92 Å². The largest absolute Gasteiger partial charge is 0.460 e. The molecule has 1 unspecified atom stereocenters. The van der Waals surface area contributed by atoms with Gasteiger partial charge in [0.25, 0.3) is 11.8 Å². The molecule has 6 nitrogen and oxygen atoms in total. The zero-order valence-electron chi connectivity index (χ0n) is 14.9. The van der Waals surface area contributed by atoms with Crippen molar-refractivity contribution in [1.82, 2.24) is 5.32 Å². The second-order valence-corrected chi connectivity index (χ2v) is 8.01. The quantitative estimate of drug-likeness (QED) is 0.805. The molecule has 26 heavy (non-hydrogen) atoms. The first-order valence-corrected chi connectivity index (χ1v) is 9.23. The summed E-state index contributed by atoms with van der Waals surface area (Å²) >= 11 is 1.51. The number of thioether (sulfide) groups is 1. The average molecular weight is 372 g/mol. The predicted octanol–water partition coefficient (Wildman–Crippen LogP) is 1.29. The van der Waals surface area contributed by atoms with Gasteiger partial charge in [0, 0.05) is 22.2 Å². The summed E-state index contributed by atoms with van der Waals surface area (Å²) in [6, 6.07) is 5.13. The number of carbonyl (C=O) groups excluding carboxylic acids is 3. The van der Waals surface area contributed by atoms with Gasteiger partial charge in [-0.05, 0) is 38.3 Å². The fourth-order valence-electron chi connectivity index (χ4n) is 2.71. The summed E-state index contributed by atoms with van der Waals surface area (Å²) in [5, 5.41) is 5.97. The minimum Gasteiger partial charge on any atom is -0.460 e. The highest BCUT2D eigenvalue weighted by Crippen LogP contribution is 2.35. The van der Waals surface area contributed by atoms with Gasteiger partial charge >= 0.3 is 5.97 Å². The molecule has 0 aliphatic carbocycles. The molecule has 0 saturated carbocycles. The first-order valence-electron chi connectivity index (χ1n) is 8.35. The van der Waals surface area contributed by atoms with Crippen molar-refractivity contribution in [2.75, 3.05) is 6.54 Å². The number of carbonyl (C=O) groups is 3. The Morgan fingerprint density at radius 2 is 2.08 bits per heavy atom. The highest BCUT2D eigenvalue weighted by molar-refractivity contribution is 8.10. The molecule has 1 N–H and O–H groups in total. The maximum Gasteiger partial charge on any atom is 0.308 e. The van der Waals surface area contributed by atoms with Gasteiger partial charge in [-0.15, -0.1) is 11.8 Å². The Bertz CT molecular complexity index is 928. The average Bonchev–Trinajstić information content (AvgIpc) is 3.03. The minimum atomic E-state index is -0.545. The number of nitrogens with zero attached hydrogens (tertiary/aromatic N) is 1. The molecule has 3 rings (SSSR count). The number of ether oxygens (including phenoxy) is 1. The van der Waals surface area contributed by atoms with Crippen LogP contribution in [0.1, 0.15) is 37.6 Å². The summed E-state index contributed by atoms with van der Waals surface area (Å²) in [7, 11) is 0. The summed E-state index contributed by atoms with van der Waals surface area (Å²) in [5.74, 6) is -1.18. The Hall–Kier alpha value is -2.41. The van der Waals surface area contributed by atoms with Crippen molar-refractivity contribution in [3.8, 4) is 0 Å². The summed E-state index contributed by atoms with van der Waals surface area (Å²) in [4.78, 5) is 41.1. The van der Waals surface area contributed by atoms with E-state index >= 15 is 0 Å². The molecule has 0 spiro atoms. The van der Waals surface area contributed by atoms with E-state index in [1.165, 1.54) is 11.8 Å². The van der Waals surface area contributed by atoms with E-state index in [1.54, 1.807) is 32.9 Å². The molecule has 2 amide bonds. The fraction of sp³-hybridized carbons (Fsp3) is 0.368. The molecule has 1 atom stereocenters.